The predicted octanol–water partition coefficient (Wildman–Crippen LogP) is -3.28. The molecule has 0 saturated heterocycles. The van der Waals surface area contributed by atoms with E-state index in [1.165, 1.54) is 0 Å². The topological polar surface area (TPSA) is 54.4 Å². The molecule has 1 N–H and O–H groups in total. The van der Waals surface area contributed by atoms with E-state index in [0.717, 1.165) is 0 Å². The Kier molecular flexibility index (Phi) is 7.13. The molecule has 5 heteroatoms. The van der Waals surface area contributed by atoms with Crippen molar-refractivity contribution >= 4 is 12.3 Å². The minimum Gasteiger partial charge on any atom is -1.00 e. The van der Waals surface area contributed by atoms with Gasteiger partial charge in [-0.25, -0.2) is 9.18 Å². The van der Waals surface area contributed by atoms with Gasteiger partial charge in [0.25, 0.3) is 6.17 Å². The Hall–Kier alpha value is 0.0700. The van der Waals surface area contributed by atoms with Crippen molar-refractivity contribution in [1.29, 1.82) is 0 Å². The average molecular weight is 130 g/mol. The van der Waals surface area contributed by atoms with Gasteiger partial charge in [0.2, 0.25) is 0 Å². The van der Waals surface area contributed by atoms with Gasteiger partial charge in [0.15, 0.2) is 6.29 Å². The SMILES string of the molecule is O=C[C@H](F)C(=O)O.[H-].[Na+]. The minimum atomic E-state index is -2.36. The first-order chi connectivity index (χ1) is 3.18. The number of hydrogen-bond acceptors (Lipinski definition) is 2. The van der Waals surface area contributed by atoms with Crippen LogP contribution in [0.15, 0.2) is 0 Å². The summed E-state index contributed by atoms with van der Waals surface area (Å²) in [6.45, 7) is 0. The maximum Gasteiger partial charge on any atom is 1.00 e. The molecule has 0 fully saturated rings. The number of carboxylic acids is 1. The molecule has 0 saturated carbocycles. The van der Waals surface area contributed by atoms with E-state index < -0.39 is 12.1 Å². The van der Waals surface area contributed by atoms with Crippen LogP contribution in [0.3, 0.4) is 0 Å². The van der Waals surface area contributed by atoms with Crippen LogP contribution in [0.5, 0.6) is 0 Å². The fraction of sp³-hybridized carbons (Fsp3) is 0.333. The van der Waals surface area contributed by atoms with Gasteiger partial charge >= 0.3 is 35.5 Å². The molecule has 3 nitrogen and oxygen atoms in total. The van der Waals surface area contributed by atoms with Crippen LogP contribution < -0.4 is 29.6 Å². The molecule has 0 radical (unpaired) electrons. The number of carbonyl (C=O) groups excluding carboxylic acids is 1. The summed E-state index contributed by atoms with van der Waals surface area (Å²) in [5, 5.41) is 7.58. The summed E-state index contributed by atoms with van der Waals surface area (Å²) in [5.74, 6) is -1.74. The summed E-state index contributed by atoms with van der Waals surface area (Å²) in [7, 11) is 0. The molecule has 8 heavy (non-hydrogen) atoms. The molecule has 0 amide bonds. The summed E-state index contributed by atoms with van der Waals surface area (Å²) < 4.78 is 11.3. The van der Waals surface area contributed by atoms with Gasteiger partial charge < -0.3 is 6.53 Å². The van der Waals surface area contributed by atoms with Gasteiger partial charge in [-0.3, -0.25) is 4.79 Å². The number of aldehydes is 1. The van der Waals surface area contributed by atoms with Crippen LogP contribution in [0.2, 0.25) is 0 Å². The van der Waals surface area contributed by atoms with Crippen molar-refractivity contribution in [3.63, 3.8) is 0 Å². The van der Waals surface area contributed by atoms with E-state index in [-0.39, 0.29) is 37.3 Å². The van der Waals surface area contributed by atoms with Gasteiger partial charge in [0.1, 0.15) is 0 Å². The van der Waals surface area contributed by atoms with Gasteiger partial charge in [-0.05, 0) is 0 Å². The zero-order valence-corrected chi connectivity index (χ0v) is 6.30. The number of carboxylic acid groups (broad SMARTS) is 1. The molecule has 0 aromatic heterocycles. The molecule has 0 aliphatic heterocycles. The molecule has 1 atom stereocenters. The molecule has 42 valence electrons. The first-order valence-corrected chi connectivity index (χ1v) is 1.50. The van der Waals surface area contributed by atoms with Crippen molar-refractivity contribution in [2.45, 2.75) is 6.17 Å². The van der Waals surface area contributed by atoms with Crippen molar-refractivity contribution in [3.05, 3.63) is 0 Å². The van der Waals surface area contributed by atoms with E-state index in [2.05, 4.69) is 0 Å². The van der Waals surface area contributed by atoms with Gasteiger partial charge in [0.05, 0.1) is 0 Å². The summed E-state index contributed by atoms with van der Waals surface area (Å²) in [5.41, 5.74) is 0. The van der Waals surface area contributed by atoms with E-state index in [0.29, 0.717) is 0 Å². The molecule has 0 aliphatic carbocycles. The van der Waals surface area contributed by atoms with E-state index in [1.807, 2.05) is 0 Å². The number of hydrogen-bond donors (Lipinski definition) is 1. The Morgan fingerprint density at radius 3 is 2.25 bits per heavy atom. The molecule has 0 aliphatic rings. The summed E-state index contributed by atoms with van der Waals surface area (Å²) in [4.78, 5) is 18.5. The van der Waals surface area contributed by atoms with Crippen LogP contribution in [-0.2, 0) is 9.59 Å². The third-order valence-corrected chi connectivity index (χ3v) is 0.355. The second-order valence-corrected chi connectivity index (χ2v) is 0.876. The van der Waals surface area contributed by atoms with Crippen molar-refractivity contribution in [2.24, 2.45) is 0 Å². The van der Waals surface area contributed by atoms with E-state index in [4.69, 9.17) is 5.11 Å². The molecule has 0 heterocycles. The number of rotatable bonds is 2. The zero-order valence-electron chi connectivity index (χ0n) is 5.30. The fourth-order valence-electron chi connectivity index (χ4n) is 0.0582. The van der Waals surface area contributed by atoms with E-state index in [9.17, 15) is 14.0 Å². The number of aliphatic carboxylic acids is 1. The van der Waals surface area contributed by atoms with Gasteiger partial charge in [0, 0.05) is 0 Å². The zero-order chi connectivity index (χ0) is 5.86. The average Bonchev–Trinajstić information content (AvgIpc) is 1.65. The Morgan fingerprint density at radius 2 is 2.25 bits per heavy atom. The largest absolute Gasteiger partial charge is 1.00 e. The van der Waals surface area contributed by atoms with Gasteiger partial charge in [-0.15, -0.1) is 0 Å². The van der Waals surface area contributed by atoms with Crippen LogP contribution in [0.1, 0.15) is 1.43 Å². The number of halogens is 1. The first-order valence-electron chi connectivity index (χ1n) is 1.50. The smallest absolute Gasteiger partial charge is 1.00 e. The quantitative estimate of drug-likeness (QED) is 0.242. The maximum atomic E-state index is 11.3. The minimum absolute atomic E-state index is 0. The van der Waals surface area contributed by atoms with Crippen molar-refractivity contribution in [2.75, 3.05) is 0 Å². The molecule has 0 spiro atoms. The third kappa shape index (κ3) is 4.23. The summed E-state index contributed by atoms with van der Waals surface area (Å²) >= 11 is 0. The first kappa shape index (κ1) is 10.9. The molecule has 0 rings (SSSR count). The fourth-order valence-corrected chi connectivity index (χ4v) is 0.0582. The standard InChI is InChI=1S/C3H3FO3.Na.H/c4-2(1-5)3(6)7;;/h1-2H,(H,6,7);;/q;+1;-1/t2-;;/m0../s1. The third-order valence-electron chi connectivity index (χ3n) is 0.355. The van der Waals surface area contributed by atoms with E-state index in [1.54, 1.807) is 0 Å². The van der Waals surface area contributed by atoms with Crippen LogP contribution in [0.25, 0.3) is 0 Å². The monoisotopic (exact) mass is 130 g/mol. The molecular formula is C3H4FNaO3. The normalized spacial score (nSPS) is 11.1. The Labute approximate surface area is 68.7 Å². The second-order valence-electron chi connectivity index (χ2n) is 0.876. The van der Waals surface area contributed by atoms with E-state index >= 15 is 0 Å². The van der Waals surface area contributed by atoms with Gasteiger partial charge in [-0.2, -0.15) is 0 Å². The number of alkyl halides is 1. The van der Waals surface area contributed by atoms with Crippen LogP contribution in [0.4, 0.5) is 4.39 Å². The molecule has 0 unspecified atom stereocenters. The van der Waals surface area contributed by atoms with Crippen molar-refractivity contribution < 1.29 is 50.1 Å². The Balaban J connectivity index is -0.000000180. The van der Waals surface area contributed by atoms with Crippen LogP contribution in [-0.4, -0.2) is 23.5 Å². The van der Waals surface area contributed by atoms with Gasteiger partial charge in [-0.1, -0.05) is 0 Å². The Bertz CT molecular complexity index is 99.1. The predicted molar refractivity (Wildman–Crippen MR) is 19.7 cm³/mol. The summed E-state index contributed by atoms with van der Waals surface area (Å²) in [6.07, 6.45) is -2.64. The van der Waals surface area contributed by atoms with Crippen LogP contribution in [0, 0.1) is 0 Å². The number of carbonyl (C=O) groups is 2. The molecular weight excluding hydrogens is 126 g/mol. The van der Waals surface area contributed by atoms with Crippen molar-refractivity contribution in [3.8, 4) is 0 Å². The molecule has 0 aromatic carbocycles. The second kappa shape index (κ2) is 5.21. The van der Waals surface area contributed by atoms with Crippen molar-refractivity contribution in [1.82, 2.24) is 0 Å². The van der Waals surface area contributed by atoms with Crippen LogP contribution >= 0.6 is 0 Å². The molecule has 0 aromatic rings. The molecule has 0 bridgehead atoms. The maximum absolute atomic E-state index is 11.3. The Morgan fingerprint density at radius 1 is 1.88 bits per heavy atom. The summed E-state index contributed by atoms with van der Waals surface area (Å²) in [6, 6.07) is 0.